The number of anilines is 1. The lowest BCUT2D eigenvalue weighted by molar-refractivity contribution is -0.384. The van der Waals surface area contributed by atoms with E-state index in [0.717, 1.165) is 34.1 Å². The third-order valence-electron chi connectivity index (χ3n) is 4.29. The van der Waals surface area contributed by atoms with Gasteiger partial charge in [0.15, 0.2) is 4.34 Å². The normalized spacial score (nSPS) is 13.6. The number of thiazole rings is 1. The van der Waals surface area contributed by atoms with E-state index >= 15 is 0 Å². The van der Waals surface area contributed by atoms with Crippen LogP contribution in [0.3, 0.4) is 0 Å². The third-order valence-corrected chi connectivity index (χ3v) is 6.46. The van der Waals surface area contributed by atoms with Crippen LogP contribution in [0.25, 0.3) is 10.2 Å². The SMILES string of the molecule is O=C(CSc1nc2cc([N+](=O)[O-])ccc2s1)N1CCCc2ccccc21. The number of aryl methyl sites for hydroxylation is 1. The van der Waals surface area contributed by atoms with Crippen molar-refractivity contribution in [3.05, 3.63) is 58.1 Å². The molecule has 2 aromatic carbocycles. The molecule has 3 aromatic rings. The Hall–Kier alpha value is -2.45. The minimum absolute atomic E-state index is 0.0281. The Kier molecular flexibility index (Phi) is 4.60. The van der Waals surface area contributed by atoms with Gasteiger partial charge in [0, 0.05) is 24.4 Å². The van der Waals surface area contributed by atoms with Crippen LogP contribution in [-0.4, -0.2) is 28.1 Å². The van der Waals surface area contributed by atoms with E-state index < -0.39 is 4.92 Å². The zero-order chi connectivity index (χ0) is 18.1. The number of para-hydroxylation sites is 1. The highest BCUT2D eigenvalue weighted by atomic mass is 32.2. The predicted molar refractivity (Wildman–Crippen MR) is 104 cm³/mol. The van der Waals surface area contributed by atoms with E-state index in [1.165, 1.54) is 40.8 Å². The molecule has 8 heteroatoms. The zero-order valence-electron chi connectivity index (χ0n) is 13.8. The predicted octanol–water partition coefficient (Wildman–Crippen LogP) is 4.28. The number of carbonyl (C=O) groups excluding carboxylic acids is 1. The molecule has 0 saturated carbocycles. The molecule has 1 aromatic heterocycles. The second kappa shape index (κ2) is 7.05. The van der Waals surface area contributed by atoms with Crippen molar-refractivity contribution in [3.63, 3.8) is 0 Å². The highest BCUT2D eigenvalue weighted by molar-refractivity contribution is 8.01. The van der Waals surface area contributed by atoms with E-state index in [-0.39, 0.29) is 11.6 Å². The molecule has 0 fully saturated rings. The second-order valence-electron chi connectivity index (χ2n) is 5.96. The van der Waals surface area contributed by atoms with Gasteiger partial charge in [-0.3, -0.25) is 14.9 Å². The molecule has 1 aliphatic heterocycles. The summed E-state index contributed by atoms with van der Waals surface area (Å²) in [7, 11) is 0. The van der Waals surface area contributed by atoms with Gasteiger partial charge in [-0.1, -0.05) is 30.0 Å². The van der Waals surface area contributed by atoms with E-state index in [2.05, 4.69) is 11.1 Å². The summed E-state index contributed by atoms with van der Waals surface area (Å²) in [6.45, 7) is 0.739. The molecule has 4 rings (SSSR count). The van der Waals surface area contributed by atoms with Gasteiger partial charge in [-0.05, 0) is 30.5 Å². The number of hydrogen-bond acceptors (Lipinski definition) is 6. The zero-order valence-corrected chi connectivity index (χ0v) is 15.4. The van der Waals surface area contributed by atoms with E-state index in [9.17, 15) is 14.9 Å². The fraction of sp³-hybridized carbons (Fsp3) is 0.222. The summed E-state index contributed by atoms with van der Waals surface area (Å²) in [5.41, 5.74) is 2.84. The van der Waals surface area contributed by atoms with Crippen LogP contribution in [0.1, 0.15) is 12.0 Å². The van der Waals surface area contributed by atoms with E-state index in [1.54, 1.807) is 6.07 Å². The maximum Gasteiger partial charge on any atom is 0.271 e. The number of nitro groups is 1. The Morgan fingerprint density at radius 1 is 1.31 bits per heavy atom. The highest BCUT2D eigenvalue weighted by Crippen LogP contribution is 2.33. The fourth-order valence-corrected chi connectivity index (χ4v) is 4.99. The largest absolute Gasteiger partial charge is 0.311 e. The molecule has 1 aliphatic rings. The first-order valence-electron chi connectivity index (χ1n) is 8.18. The van der Waals surface area contributed by atoms with Crippen LogP contribution in [0, 0.1) is 10.1 Å². The van der Waals surface area contributed by atoms with E-state index in [0.29, 0.717) is 11.3 Å². The molecule has 132 valence electrons. The first-order chi connectivity index (χ1) is 12.6. The van der Waals surface area contributed by atoms with Crippen LogP contribution in [-0.2, 0) is 11.2 Å². The number of carbonyl (C=O) groups is 1. The summed E-state index contributed by atoms with van der Waals surface area (Å²) in [6, 6.07) is 12.7. The number of hydrogen-bond donors (Lipinski definition) is 0. The van der Waals surface area contributed by atoms with Crippen molar-refractivity contribution < 1.29 is 9.72 Å². The van der Waals surface area contributed by atoms with Crippen molar-refractivity contribution in [3.8, 4) is 0 Å². The molecule has 0 bridgehead atoms. The van der Waals surface area contributed by atoms with Crippen LogP contribution in [0.4, 0.5) is 11.4 Å². The quantitative estimate of drug-likeness (QED) is 0.381. The summed E-state index contributed by atoms with van der Waals surface area (Å²) >= 11 is 2.83. The lowest BCUT2D eigenvalue weighted by Crippen LogP contribution is -2.36. The van der Waals surface area contributed by atoms with Gasteiger partial charge in [-0.25, -0.2) is 4.98 Å². The highest BCUT2D eigenvalue weighted by Gasteiger charge is 2.22. The third kappa shape index (κ3) is 3.30. The Labute approximate surface area is 158 Å². The minimum Gasteiger partial charge on any atom is -0.311 e. The molecule has 0 unspecified atom stereocenters. The lowest BCUT2D eigenvalue weighted by Gasteiger charge is -2.29. The number of non-ortho nitro benzene ring substituents is 1. The number of nitro benzene ring substituents is 1. The van der Waals surface area contributed by atoms with Gasteiger partial charge in [0.25, 0.3) is 5.69 Å². The minimum atomic E-state index is -0.428. The molecule has 6 nitrogen and oxygen atoms in total. The molecule has 0 spiro atoms. The van der Waals surface area contributed by atoms with Gasteiger partial charge in [0.2, 0.25) is 5.91 Å². The number of benzene rings is 2. The van der Waals surface area contributed by atoms with Crippen molar-refractivity contribution in [1.29, 1.82) is 0 Å². The fourth-order valence-electron chi connectivity index (χ4n) is 3.06. The van der Waals surface area contributed by atoms with Gasteiger partial charge in [0.05, 0.1) is 20.9 Å². The summed E-state index contributed by atoms with van der Waals surface area (Å²) < 4.78 is 1.63. The Bertz CT molecular complexity index is 1000. The smallest absolute Gasteiger partial charge is 0.271 e. The maximum atomic E-state index is 12.7. The maximum absolute atomic E-state index is 12.7. The molecule has 2 heterocycles. The number of aromatic nitrogens is 1. The summed E-state index contributed by atoms with van der Waals surface area (Å²) in [6.07, 6.45) is 1.97. The van der Waals surface area contributed by atoms with E-state index in [4.69, 9.17) is 0 Å². The number of fused-ring (bicyclic) bond motifs is 2. The Morgan fingerprint density at radius 3 is 3.00 bits per heavy atom. The van der Waals surface area contributed by atoms with Crippen LogP contribution >= 0.6 is 23.1 Å². The number of nitrogens with zero attached hydrogens (tertiary/aromatic N) is 3. The Morgan fingerprint density at radius 2 is 2.15 bits per heavy atom. The average molecular weight is 385 g/mol. The van der Waals surface area contributed by atoms with Crippen LogP contribution < -0.4 is 4.90 Å². The van der Waals surface area contributed by atoms with Gasteiger partial charge in [-0.2, -0.15) is 0 Å². The second-order valence-corrected chi connectivity index (χ2v) is 8.21. The molecular weight excluding hydrogens is 370 g/mol. The molecule has 0 atom stereocenters. The molecule has 26 heavy (non-hydrogen) atoms. The first-order valence-corrected chi connectivity index (χ1v) is 9.98. The van der Waals surface area contributed by atoms with Crippen molar-refractivity contribution in [2.75, 3.05) is 17.2 Å². The van der Waals surface area contributed by atoms with Gasteiger partial charge >= 0.3 is 0 Å². The summed E-state index contributed by atoms with van der Waals surface area (Å²) in [5, 5.41) is 10.9. The lowest BCUT2D eigenvalue weighted by atomic mass is 10.0. The Balaban J connectivity index is 1.48. The van der Waals surface area contributed by atoms with Crippen LogP contribution in [0.15, 0.2) is 46.8 Å². The molecular formula is C18H15N3O3S2. The van der Waals surface area contributed by atoms with Crippen LogP contribution in [0.2, 0.25) is 0 Å². The van der Waals surface area contributed by atoms with E-state index in [1.807, 2.05) is 23.1 Å². The molecule has 1 amide bonds. The van der Waals surface area contributed by atoms with Crippen LogP contribution in [0.5, 0.6) is 0 Å². The molecule has 0 saturated heterocycles. The summed E-state index contributed by atoms with van der Waals surface area (Å²) in [4.78, 5) is 29.4. The number of amides is 1. The average Bonchev–Trinajstić information content (AvgIpc) is 3.07. The van der Waals surface area contributed by atoms with Gasteiger partial charge in [-0.15, -0.1) is 11.3 Å². The summed E-state index contributed by atoms with van der Waals surface area (Å²) in [5.74, 6) is 0.364. The molecule has 0 N–H and O–H groups in total. The monoisotopic (exact) mass is 385 g/mol. The van der Waals surface area contributed by atoms with Crippen molar-refractivity contribution in [2.45, 2.75) is 17.2 Å². The van der Waals surface area contributed by atoms with Crippen molar-refractivity contribution in [2.24, 2.45) is 0 Å². The number of rotatable bonds is 4. The first kappa shape index (κ1) is 17.0. The standard InChI is InChI=1S/C18H15N3O3S2/c22-17(20-9-3-5-12-4-1-2-6-15(12)20)11-25-18-19-14-10-13(21(23)24)7-8-16(14)26-18/h1-2,4,6-8,10H,3,5,9,11H2. The van der Waals surface area contributed by atoms with Gasteiger partial charge < -0.3 is 4.90 Å². The van der Waals surface area contributed by atoms with Crippen molar-refractivity contribution >= 4 is 50.6 Å². The molecule has 0 radical (unpaired) electrons. The van der Waals surface area contributed by atoms with Crippen molar-refractivity contribution in [1.82, 2.24) is 4.98 Å². The topological polar surface area (TPSA) is 76.3 Å². The molecule has 0 aliphatic carbocycles. The number of thioether (sulfide) groups is 1. The van der Waals surface area contributed by atoms with Gasteiger partial charge in [0.1, 0.15) is 0 Å².